The van der Waals surface area contributed by atoms with E-state index < -0.39 is 0 Å². The lowest BCUT2D eigenvalue weighted by atomic mass is 10.2. The Balaban J connectivity index is 1.34. The van der Waals surface area contributed by atoms with Gasteiger partial charge in [0.25, 0.3) is 0 Å². The van der Waals surface area contributed by atoms with Gasteiger partial charge in [0, 0.05) is 26.4 Å². The molecular weight excluding hydrogens is 578 g/mol. The van der Waals surface area contributed by atoms with Crippen LogP contribution in [-0.4, -0.2) is 21.2 Å². The molecule has 194 valence electrons. The molecule has 1 heterocycles. The van der Waals surface area contributed by atoms with E-state index in [4.69, 9.17) is 16.3 Å². The number of halogens is 2. The average molecular weight is 601 g/mol. The van der Waals surface area contributed by atoms with Crippen LogP contribution in [-0.2, 0) is 6.61 Å². The third-order valence-electron chi connectivity index (χ3n) is 5.34. The van der Waals surface area contributed by atoms with Gasteiger partial charge in [-0.3, -0.25) is 0 Å². The van der Waals surface area contributed by atoms with Crippen LogP contribution >= 0.6 is 27.5 Å². The first kappa shape index (κ1) is 26.1. The molecular formula is C29H23BrClN7O. The SMILES string of the molecule is Clc1ccc(COc2ccc(Br)cc2/C=N/Nc2nc(Nc3ccccc3)nc(Nc3ccccc3)n2)cc1. The van der Waals surface area contributed by atoms with Gasteiger partial charge in [0.15, 0.2) is 0 Å². The fourth-order valence-electron chi connectivity index (χ4n) is 3.49. The van der Waals surface area contributed by atoms with Crippen LogP contribution in [0.3, 0.4) is 0 Å². The van der Waals surface area contributed by atoms with Crippen molar-refractivity contribution in [3.63, 3.8) is 0 Å². The molecule has 0 aliphatic carbocycles. The van der Waals surface area contributed by atoms with Gasteiger partial charge >= 0.3 is 0 Å². The number of hydrazone groups is 1. The highest BCUT2D eigenvalue weighted by Crippen LogP contribution is 2.24. The molecule has 0 spiro atoms. The zero-order chi connectivity index (χ0) is 26.9. The molecule has 0 amide bonds. The number of anilines is 5. The summed E-state index contributed by atoms with van der Waals surface area (Å²) in [6, 6.07) is 32.6. The maximum atomic E-state index is 6.05. The summed E-state index contributed by atoms with van der Waals surface area (Å²) in [4.78, 5) is 13.5. The fraction of sp³-hybridized carbons (Fsp3) is 0.0345. The molecule has 0 fully saturated rings. The van der Waals surface area contributed by atoms with E-state index >= 15 is 0 Å². The molecule has 8 nitrogen and oxygen atoms in total. The van der Waals surface area contributed by atoms with Crippen LogP contribution in [0.4, 0.5) is 29.2 Å². The molecule has 5 aromatic rings. The predicted octanol–water partition coefficient (Wildman–Crippen LogP) is 7.80. The minimum atomic E-state index is 0.261. The van der Waals surface area contributed by atoms with Crippen LogP contribution in [0, 0.1) is 0 Å². The van der Waals surface area contributed by atoms with Crippen molar-refractivity contribution in [2.75, 3.05) is 16.1 Å². The first-order valence-electron chi connectivity index (χ1n) is 12.0. The summed E-state index contributed by atoms with van der Waals surface area (Å²) in [5, 5.41) is 11.5. The van der Waals surface area contributed by atoms with Crippen molar-refractivity contribution < 1.29 is 4.74 Å². The van der Waals surface area contributed by atoms with E-state index in [2.05, 4.69) is 52.0 Å². The lowest BCUT2D eigenvalue weighted by Gasteiger charge is -2.11. The van der Waals surface area contributed by atoms with Gasteiger partial charge < -0.3 is 15.4 Å². The van der Waals surface area contributed by atoms with Gasteiger partial charge in [-0.2, -0.15) is 20.1 Å². The molecule has 39 heavy (non-hydrogen) atoms. The van der Waals surface area contributed by atoms with Crippen LogP contribution in [0.25, 0.3) is 0 Å². The Kier molecular flexibility index (Phi) is 8.62. The zero-order valence-electron chi connectivity index (χ0n) is 20.6. The normalized spacial score (nSPS) is 10.8. The molecule has 0 aliphatic rings. The number of hydrogen-bond acceptors (Lipinski definition) is 8. The first-order chi connectivity index (χ1) is 19.1. The highest BCUT2D eigenvalue weighted by Gasteiger charge is 2.08. The number of ether oxygens (including phenoxy) is 1. The van der Waals surface area contributed by atoms with Gasteiger partial charge in [0.2, 0.25) is 17.8 Å². The van der Waals surface area contributed by atoms with Crippen LogP contribution < -0.4 is 20.8 Å². The number of nitrogens with zero attached hydrogens (tertiary/aromatic N) is 4. The molecule has 0 saturated heterocycles. The van der Waals surface area contributed by atoms with Crippen molar-refractivity contribution in [1.82, 2.24) is 15.0 Å². The second-order valence-corrected chi connectivity index (χ2v) is 9.61. The second kappa shape index (κ2) is 12.9. The standard InChI is InChI=1S/C29H23BrClN7O/c30-22-13-16-26(39-19-20-11-14-23(31)15-12-20)21(17-22)18-32-38-29-36-27(33-24-7-3-1-4-8-24)35-28(37-29)34-25-9-5-2-6-10-25/h1-18H,19H2,(H3,33,34,35,36,37,38)/b32-18+. The summed E-state index contributed by atoms with van der Waals surface area (Å²) < 4.78 is 6.94. The lowest BCUT2D eigenvalue weighted by Crippen LogP contribution is -2.07. The van der Waals surface area contributed by atoms with Crippen molar-refractivity contribution in [2.45, 2.75) is 6.61 Å². The summed E-state index contributed by atoms with van der Waals surface area (Å²) in [7, 11) is 0. The van der Waals surface area contributed by atoms with E-state index in [9.17, 15) is 0 Å². The highest BCUT2D eigenvalue weighted by molar-refractivity contribution is 9.10. The molecule has 0 bridgehead atoms. The van der Waals surface area contributed by atoms with Crippen LogP contribution in [0.2, 0.25) is 5.02 Å². The average Bonchev–Trinajstić information content (AvgIpc) is 2.94. The van der Waals surface area contributed by atoms with E-state index in [1.165, 1.54) is 0 Å². The number of aromatic nitrogens is 3. The van der Waals surface area contributed by atoms with Gasteiger partial charge in [-0.05, 0) is 60.2 Å². The van der Waals surface area contributed by atoms with E-state index in [0.717, 1.165) is 27.0 Å². The Morgan fingerprint density at radius 2 is 1.33 bits per heavy atom. The number of benzene rings is 4. The smallest absolute Gasteiger partial charge is 0.250 e. The Labute approximate surface area is 239 Å². The molecule has 0 saturated carbocycles. The quantitative estimate of drug-likeness (QED) is 0.111. The third-order valence-corrected chi connectivity index (χ3v) is 6.09. The van der Waals surface area contributed by atoms with Gasteiger partial charge in [0.1, 0.15) is 12.4 Å². The largest absolute Gasteiger partial charge is 0.488 e. The molecule has 1 aromatic heterocycles. The van der Waals surface area contributed by atoms with Crippen LogP contribution in [0.15, 0.2) is 113 Å². The summed E-state index contributed by atoms with van der Waals surface area (Å²) in [5.74, 6) is 1.66. The van der Waals surface area contributed by atoms with Crippen LogP contribution in [0.1, 0.15) is 11.1 Å². The van der Waals surface area contributed by atoms with Crippen molar-refractivity contribution in [1.29, 1.82) is 0 Å². The molecule has 0 atom stereocenters. The van der Waals surface area contributed by atoms with Gasteiger partial charge in [-0.15, -0.1) is 0 Å². The fourth-order valence-corrected chi connectivity index (χ4v) is 4.00. The van der Waals surface area contributed by atoms with E-state index in [1.807, 2.05) is 103 Å². The number of rotatable bonds is 10. The summed E-state index contributed by atoms with van der Waals surface area (Å²) in [6.45, 7) is 0.392. The molecule has 0 radical (unpaired) electrons. The first-order valence-corrected chi connectivity index (χ1v) is 13.1. The lowest BCUT2D eigenvalue weighted by molar-refractivity contribution is 0.306. The van der Waals surface area contributed by atoms with Gasteiger partial charge in [-0.1, -0.05) is 76.1 Å². The number of hydrogen-bond donors (Lipinski definition) is 3. The Morgan fingerprint density at radius 1 is 0.744 bits per heavy atom. The van der Waals surface area contributed by atoms with Crippen molar-refractivity contribution in [3.8, 4) is 5.75 Å². The van der Waals surface area contributed by atoms with Crippen molar-refractivity contribution in [3.05, 3.63) is 124 Å². The highest BCUT2D eigenvalue weighted by atomic mass is 79.9. The minimum absolute atomic E-state index is 0.261. The second-order valence-electron chi connectivity index (χ2n) is 8.26. The van der Waals surface area contributed by atoms with Gasteiger partial charge in [-0.25, -0.2) is 5.43 Å². The minimum Gasteiger partial charge on any atom is -0.488 e. The summed E-state index contributed by atoms with van der Waals surface area (Å²) in [5.41, 5.74) is 6.38. The Bertz CT molecular complexity index is 1490. The van der Waals surface area contributed by atoms with Crippen LogP contribution in [0.5, 0.6) is 5.75 Å². The van der Waals surface area contributed by atoms with Crippen molar-refractivity contribution in [2.24, 2.45) is 5.10 Å². The maximum absolute atomic E-state index is 6.05. The number of nitrogens with one attached hydrogen (secondary N) is 3. The molecule has 3 N–H and O–H groups in total. The monoisotopic (exact) mass is 599 g/mol. The Hall–Kier alpha value is -4.47. The van der Waals surface area contributed by atoms with E-state index in [-0.39, 0.29) is 5.95 Å². The Morgan fingerprint density at radius 3 is 1.95 bits per heavy atom. The summed E-state index contributed by atoms with van der Waals surface area (Å²) in [6.07, 6.45) is 1.65. The molecule has 5 rings (SSSR count). The van der Waals surface area contributed by atoms with E-state index in [1.54, 1.807) is 6.21 Å². The van der Waals surface area contributed by atoms with Gasteiger partial charge in [0.05, 0.1) is 6.21 Å². The molecule has 0 aliphatic heterocycles. The van der Waals surface area contributed by atoms with E-state index in [0.29, 0.717) is 29.3 Å². The molecule has 4 aromatic carbocycles. The maximum Gasteiger partial charge on any atom is 0.250 e. The summed E-state index contributed by atoms with van der Waals surface area (Å²) >= 11 is 9.50. The molecule has 10 heteroatoms. The zero-order valence-corrected chi connectivity index (χ0v) is 22.9. The predicted molar refractivity (Wildman–Crippen MR) is 160 cm³/mol. The molecule has 0 unspecified atom stereocenters. The topological polar surface area (TPSA) is 96.4 Å². The number of para-hydroxylation sites is 2. The third kappa shape index (κ3) is 7.76. The van der Waals surface area contributed by atoms with Crippen molar-refractivity contribution >= 4 is 63.0 Å².